The van der Waals surface area contributed by atoms with Crippen molar-refractivity contribution in [2.45, 2.75) is 6.92 Å². The number of amidine groups is 1. The van der Waals surface area contributed by atoms with E-state index in [2.05, 4.69) is 32.9 Å². The van der Waals surface area contributed by atoms with E-state index in [4.69, 9.17) is 32.7 Å². The van der Waals surface area contributed by atoms with Gasteiger partial charge in [-0.2, -0.15) is 0 Å². The van der Waals surface area contributed by atoms with Crippen molar-refractivity contribution < 1.29 is 19.1 Å². The van der Waals surface area contributed by atoms with Gasteiger partial charge in [-0.05, 0) is 77.2 Å². The van der Waals surface area contributed by atoms with E-state index in [1.54, 1.807) is 43.3 Å². The number of benzene rings is 2. The van der Waals surface area contributed by atoms with Gasteiger partial charge in [-0.3, -0.25) is 4.79 Å². The molecule has 2 aromatic rings. The van der Waals surface area contributed by atoms with Crippen LogP contribution in [0.3, 0.4) is 0 Å². The van der Waals surface area contributed by atoms with Gasteiger partial charge >= 0.3 is 5.97 Å². The lowest BCUT2D eigenvalue weighted by molar-refractivity contribution is -0.145. The number of amides is 1. The van der Waals surface area contributed by atoms with Gasteiger partial charge in [-0.15, -0.1) is 0 Å². The minimum absolute atomic E-state index is 0.158. The Morgan fingerprint density at radius 2 is 2.10 bits per heavy atom. The number of thioether (sulfide) groups is 1. The van der Waals surface area contributed by atoms with Crippen LogP contribution in [0.15, 0.2) is 46.3 Å². The fourth-order valence-corrected chi connectivity index (χ4v) is 4.25. The second kappa shape index (κ2) is 10.5. The third kappa shape index (κ3) is 5.90. The molecule has 30 heavy (non-hydrogen) atoms. The molecule has 0 aliphatic carbocycles. The lowest BCUT2D eigenvalue weighted by Crippen LogP contribution is -2.19. The Hall–Kier alpha value is -1.75. The molecule has 1 fully saturated rings. The van der Waals surface area contributed by atoms with Crippen molar-refractivity contribution in [1.82, 2.24) is 5.32 Å². The third-order valence-corrected chi connectivity index (χ3v) is 6.27. The van der Waals surface area contributed by atoms with Crippen LogP contribution in [0.25, 0.3) is 6.08 Å². The fourth-order valence-electron chi connectivity index (χ4n) is 2.38. The van der Waals surface area contributed by atoms with E-state index < -0.39 is 5.97 Å². The molecule has 3 rings (SSSR count). The summed E-state index contributed by atoms with van der Waals surface area (Å²) in [6.07, 6.45) is 1.75. The summed E-state index contributed by atoms with van der Waals surface area (Å²) >= 11 is 15.5. The number of ether oxygens (including phenoxy) is 2. The van der Waals surface area contributed by atoms with Gasteiger partial charge in [0.05, 0.1) is 30.8 Å². The fraction of sp³-hybridized carbons (Fsp3) is 0.150. The minimum Gasteiger partial charge on any atom is -0.481 e. The van der Waals surface area contributed by atoms with E-state index in [1.807, 2.05) is 6.07 Å². The highest BCUT2D eigenvalue weighted by molar-refractivity contribution is 14.1. The van der Waals surface area contributed by atoms with Crippen LogP contribution >= 0.6 is 57.6 Å². The average molecular weight is 577 g/mol. The zero-order valence-electron chi connectivity index (χ0n) is 15.6. The van der Waals surface area contributed by atoms with Crippen LogP contribution in [0.2, 0.25) is 10.0 Å². The quantitative estimate of drug-likeness (QED) is 0.282. The average Bonchev–Trinajstić information content (AvgIpc) is 3.04. The zero-order valence-corrected chi connectivity index (χ0v) is 20.1. The number of aliphatic imine (C=N–C) groups is 1. The van der Waals surface area contributed by atoms with Crippen molar-refractivity contribution in [3.05, 3.63) is 60.5 Å². The number of nitrogens with zero attached hydrogens (tertiary/aromatic N) is 1. The molecule has 1 saturated heterocycles. The Morgan fingerprint density at radius 1 is 1.30 bits per heavy atom. The van der Waals surface area contributed by atoms with E-state index in [0.717, 1.165) is 9.13 Å². The van der Waals surface area contributed by atoms with Crippen LogP contribution in [0.1, 0.15) is 12.5 Å². The molecule has 1 N–H and O–H groups in total. The van der Waals surface area contributed by atoms with Crippen LogP contribution in [-0.2, 0) is 14.3 Å². The molecular weight excluding hydrogens is 562 g/mol. The summed E-state index contributed by atoms with van der Waals surface area (Å²) in [6.45, 7) is 1.88. The van der Waals surface area contributed by atoms with Crippen molar-refractivity contribution in [3.63, 3.8) is 0 Å². The Labute approximate surface area is 201 Å². The first-order valence-electron chi connectivity index (χ1n) is 8.69. The van der Waals surface area contributed by atoms with Crippen molar-refractivity contribution in [3.8, 4) is 5.75 Å². The van der Waals surface area contributed by atoms with Gasteiger partial charge in [0, 0.05) is 0 Å². The first kappa shape index (κ1) is 22.9. The first-order chi connectivity index (χ1) is 14.4. The number of halogens is 3. The number of rotatable bonds is 6. The molecular formula is C20H15Cl2IN2O4S. The molecule has 10 heteroatoms. The van der Waals surface area contributed by atoms with Crippen molar-refractivity contribution in [2.24, 2.45) is 4.99 Å². The smallest absolute Gasteiger partial charge is 0.344 e. The Kier molecular flexibility index (Phi) is 8.04. The molecule has 0 radical (unpaired) electrons. The number of carbonyl (C=O) groups is 2. The van der Waals surface area contributed by atoms with Crippen molar-refractivity contribution in [2.75, 3.05) is 13.2 Å². The third-order valence-electron chi connectivity index (χ3n) is 3.71. The van der Waals surface area contributed by atoms with Crippen molar-refractivity contribution >= 4 is 86.4 Å². The van der Waals surface area contributed by atoms with Crippen LogP contribution < -0.4 is 10.1 Å². The molecule has 0 unspecified atom stereocenters. The van der Waals surface area contributed by atoms with E-state index in [1.165, 1.54) is 11.8 Å². The molecule has 6 nitrogen and oxygen atoms in total. The summed E-state index contributed by atoms with van der Waals surface area (Å²) in [7, 11) is 0. The molecule has 2 aromatic carbocycles. The summed E-state index contributed by atoms with van der Waals surface area (Å²) in [5, 5.41) is 3.85. The summed E-state index contributed by atoms with van der Waals surface area (Å²) in [5.74, 6) is -0.119. The lowest BCUT2D eigenvalue weighted by Gasteiger charge is -2.08. The standard InChI is InChI=1S/C20H15Cl2IN2O4S/c1-2-28-17(26)10-29-15-7-6-11(8-13(15)23)9-16-19(27)25-20(30-16)24-14-5-3-4-12(21)18(14)22/h3-9H,2,10H2,1H3,(H,24,25,27)/b16-9+. The molecule has 1 aliphatic heterocycles. The number of esters is 1. The van der Waals surface area contributed by atoms with E-state index in [9.17, 15) is 9.59 Å². The van der Waals surface area contributed by atoms with E-state index in [0.29, 0.717) is 38.2 Å². The van der Waals surface area contributed by atoms with Gasteiger partial charge < -0.3 is 14.8 Å². The van der Waals surface area contributed by atoms with Crippen LogP contribution in [0.4, 0.5) is 5.69 Å². The Balaban J connectivity index is 1.73. The number of carbonyl (C=O) groups excluding carboxylic acids is 2. The van der Waals surface area contributed by atoms with Gasteiger partial charge in [0.2, 0.25) is 0 Å². The van der Waals surface area contributed by atoms with Gasteiger partial charge in [0.15, 0.2) is 11.8 Å². The number of nitrogens with one attached hydrogen (secondary N) is 1. The highest BCUT2D eigenvalue weighted by Crippen LogP contribution is 2.35. The first-order valence-corrected chi connectivity index (χ1v) is 11.3. The Bertz CT molecular complexity index is 1060. The maximum Gasteiger partial charge on any atom is 0.344 e. The predicted molar refractivity (Wildman–Crippen MR) is 129 cm³/mol. The second-order valence-corrected chi connectivity index (χ2v) is 8.82. The molecule has 1 amide bonds. The van der Waals surface area contributed by atoms with Gasteiger partial charge in [0.1, 0.15) is 5.75 Å². The number of hydrogen-bond donors (Lipinski definition) is 1. The maximum atomic E-state index is 12.3. The van der Waals surface area contributed by atoms with Crippen LogP contribution in [0, 0.1) is 3.57 Å². The molecule has 1 heterocycles. The lowest BCUT2D eigenvalue weighted by atomic mass is 10.2. The second-order valence-electron chi connectivity index (χ2n) is 5.84. The molecule has 1 aliphatic rings. The highest BCUT2D eigenvalue weighted by Gasteiger charge is 2.24. The van der Waals surface area contributed by atoms with Crippen LogP contribution in [-0.4, -0.2) is 30.3 Å². The number of hydrogen-bond acceptors (Lipinski definition) is 6. The monoisotopic (exact) mass is 576 g/mol. The van der Waals surface area contributed by atoms with Gasteiger partial charge in [-0.1, -0.05) is 35.3 Å². The largest absolute Gasteiger partial charge is 0.481 e. The van der Waals surface area contributed by atoms with E-state index >= 15 is 0 Å². The molecule has 0 saturated carbocycles. The predicted octanol–water partition coefficient (Wildman–Crippen LogP) is 5.43. The Morgan fingerprint density at radius 3 is 2.83 bits per heavy atom. The summed E-state index contributed by atoms with van der Waals surface area (Å²) < 4.78 is 11.1. The topological polar surface area (TPSA) is 77.0 Å². The SMILES string of the molecule is CCOC(=O)COc1ccc(/C=C2/SC(=Nc3cccc(Cl)c3Cl)NC2=O)cc1I. The van der Waals surface area contributed by atoms with Crippen molar-refractivity contribution in [1.29, 1.82) is 0 Å². The maximum absolute atomic E-state index is 12.3. The van der Waals surface area contributed by atoms with Gasteiger partial charge in [-0.25, -0.2) is 9.79 Å². The molecule has 156 valence electrons. The molecule has 0 aromatic heterocycles. The molecule has 0 spiro atoms. The van der Waals surface area contributed by atoms with Crippen LogP contribution in [0.5, 0.6) is 5.75 Å². The molecule has 0 atom stereocenters. The highest BCUT2D eigenvalue weighted by atomic mass is 127. The van der Waals surface area contributed by atoms with Gasteiger partial charge in [0.25, 0.3) is 5.91 Å². The molecule has 0 bridgehead atoms. The summed E-state index contributed by atoms with van der Waals surface area (Å²) in [5.41, 5.74) is 1.29. The summed E-state index contributed by atoms with van der Waals surface area (Å²) in [4.78, 5) is 28.6. The van der Waals surface area contributed by atoms with E-state index in [-0.39, 0.29) is 12.5 Å². The summed E-state index contributed by atoms with van der Waals surface area (Å²) in [6, 6.07) is 10.5. The normalized spacial score (nSPS) is 16.1. The minimum atomic E-state index is -0.426. The zero-order chi connectivity index (χ0) is 21.7.